The van der Waals surface area contributed by atoms with Gasteiger partial charge in [-0.1, -0.05) is 215 Å². The van der Waals surface area contributed by atoms with E-state index in [1.807, 2.05) is 0 Å². The second kappa shape index (κ2) is 57.8. The first kappa shape index (κ1) is 72.7. The van der Waals surface area contributed by atoms with Gasteiger partial charge in [0.2, 0.25) is 0 Å². The first-order chi connectivity index (χ1) is 37.2. The highest BCUT2D eigenvalue weighted by Crippen LogP contribution is 2.43. The van der Waals surface area contributed by atoms with E-state index in [4.69, 9.17) is 23.3 Å². The lowest BCUT2D eigenvalue weighted by molar-refractivity contribution is -0.161. The Bertz CT molecular complexity index is 1600. The van der Waals surface area contributed by atoms with Gasteiger partial charge in [0.1, 0.15) is 12.7 Å². The smallest absolute Gasteiger partial charge is 0.462 e. The highest BCUT2D eigenvalue weighted by molar-refractivity contribution is 7.47. The summed E-state index contributed by atoms with van der Waals surface area (Å²) in [5.41, 5.74) is 0. The molecule has 0 aliphatic rings. The molecule has 2 N–H and O–H groups in total. The van der Waals surface area contributed by atoms with Crippen LogP contribution in [0.15, 0.2) is 85.1 Å². The van der Waals surface area contributed by atoms with Crippen LogP contribution in [0.25, 0.3) is 0 Å². The van der Waals surface area contributed by atoms with E-state index in [9.17, 15) is 28.9 Å². The maximum Gasteiger partial charge on any atom is 0.472 e. The predicted molar refractivity (Wildman–Crippen MR) is 316 cm³/mol. The zero-order valence-corrected chi connectivity index (χ0v) is 49.3. The van der Waals surface area contributed by atoms with Gasteiger partial charge < -0.3 is 24.2 Å². The number of unbranched alkanes of at least 4 members (excludes halogenated alkanes) is 25. The summed E-state index contributed by atoms with van der Waals surface area (Å²) < 4.78 is 39.6. The lowest BCUT2D eigenvalue weighted by Crippen LogP contribution is -2.30. The molecule has 0 aliphatic heterocycles. The molecule has 0 aromatic rings. The van der Waals surface area contributed by atoms with Crippen molar-refractivity contribution in [2.75, 3.05) is 26.4 Å². The van der Waals surface area contributed by atoms with Crippen molar-refractivity contribution in [2.45, 2.75) is 277 Å². The number of esters is 3. The van der Waals surface area contributed by atoms with Crippen molar-refractivity contribution in [2.24, 2.45) is 0 Å². The monoisotopic (exact) mass is 1090 g/mol. The minimum atomic E-state index is -4.76. The van der Waals surface area contributed by atoms with Crippen LogP contribution in [0.4, 0.5) is 0 Å². The zero-order valence-electron chi connectivity index (χ0n) is 48.5. The summed E-state index contributed by atoms with van der Waals surface area (Å²) in [6, 6.07) is 0. The summed E-state index contributed by atoms with van der Waals surface area (Å²) >= 11 is 0. The van der Waals surface area contributed by atoms with E-state index in [-0.39, 0.29) is 25.9 Å². The van der Waals surface area contributed by atoms with Gasteiger partial charge in [-0.25, -0.2) is 4.57 Å². The second-order valence-corrected chi connectivity index (χ2v) is 21.6. The summed E-state index contributed by atoms with van der Waals surface area (Å²) in [7, 11) is -4.76. The van der Waals surface area contributed by atoms with Gasteiger partial charge in [-0.3, -0.25) is 23.4 Å². The number of hydrogen-bond donors (Lipinski definition) is 2. The average molecular weight is 1090 g/mol. The van der Waals surface area contributed by atoms with Gasteiger partial charge in [-0.05, 0) is 116 Å². The average Bonchev–Trinajstić information content (AvgIpc) is 3.41. The Morgan fingerprint density at radius 1 is 0.382 bits per heavy atom. The first-order valence-corrected chi connectivity index (χ1v) is 32.0. The SMILES string of the molecule is CC/C=C\C/C=C\C/C=C\CCCCCC(=O)OC(CO)COP(=O)(O)OCC(COC(=O)CCCCCCCCC/C=C\C/C=C\CCCCC)OC(=O)CCCCCCCCCCC/C=C\C/C=C\CCCCC. The third-order valence-electron chi connectivity index (χ3n) is 12.8. The zero-order chi connectivity index (χ0) is 55.5. The molecule has 0 aliphatic carbocycles. The Morgan fingerprint density at radius 3 is 1.07 bits per heavy atom. The second-order valence-electron chi connectivity index (χ2n) is 20.1. The largest absolute Gasteiger partial charge is 0.472 e. The molecule has 3 atom stereocenters. The van der Waals surface area contributed by atoms with Crippen LogP contribution in [0, 0.1) is 0 Å². The molecule has 11 nitrogen and oxygen atoms in total. The maximum absolute atomic E-state index is 12.9. The van der Waals surface area contributed by atoms with Gasteiger partial charge >= 0.3 is 25.7 Å². The number of phosphoric ester groups is 1. The Kier molecular flexibility index (Phi) is 55.3. The van der Waals surface area contributed by atoms with E-state index in [2.05, 4.69) is 106 Å². The van der Waals surface area contributed by atoms with Gasteiger partial charge in [-0.2, -0.15) is 0 Å². The molecular formula is C64H111O11P. The quantitative estimate of drug-likeness (QED) is 0.0197. The van der Waals surface area contributed by atoms with E-state index in [0.29, 0.717) is 19.3 Å². The fourth-order valence-corrected chi connectivity index (χ4v) is 8.92. The molecule has 0 saturated heterocycles. The van der Waals surface area contributed by atoms with Crippen molar-refractivity contribution in [1.82, 2.24) is 0 Å². The number of hydrogen-bond acceptors (Lipinski definition) is 10. The van der Waals surface area contributed by atoms with Gasteiger partial charge in [0.05, 0.1) is 19.8 Å². The number of aliphatic hydroxyl groups is 1. The van der Waals surface area contributed by atoms with E-state index in [0.717, 1.165) is 103 Å². The van der Waals surface area contributed by atoms with Crippen LogP contribution in [0.2, 0.25) is 0 Å². The summed E-state index contributed by atoms with van der Waals surface area (Å²) in [6.07, 6.45) is 66.8. The Balaban J connectivity index is 4.76. The van der Waals surface area contributed by atoms with E-state index >= 15 is 0 Å². The van der Waals surface area contributed by atoms with Gasteiger partial charge in [-0.15, -0.1) is 0 Å². The fraction of sp³-hybridized carbons (Fsp3) is 0.734. The predicted octanol–water partition coefficient (Wildman–Crippen LogP) is 18.3. The van der Waals surface area contributed by atoms with Crippen LogP contribution in [-0.4, -0.2) is 66.5 Å². The lowest BCUT2D eigenvalue weighted by atomic mass is 10.1. The van der Waals surface area contributed by atoms with E-state index < -0.39 is 57.8 Å². The number of ether oxygens (including phenoxy) is 3. The molecule has 0 rings (SSSR count). The van der Waals surface area contributed by atoms with Crippen LogP contribution in [0.3, 0.4) is 0 Å². The molecule has 0 spiro atoms. The van der Waals surface area contributed by atoms with Crippen LogP contribution >= 0.6 is 7.82 Å². The molecule has 0 saturated carbocycles. The standard InChI is InChI=1S/C64H111O11P/c1-4-7-10-13-16-19-22-25-27-29-30-32-34-37-40-43-46-49-52-55-64(68)75-61(57-71-62(66)53-50-47-44-41-38-36-33-31-28-26-23-20-17-14-11-8-5-2)59-73-76(69,70)72-58-60(56-65)74-63(67)54-51-48-45-42-39-35-24-21-18-15-12-9-6-3/h9,12,16-21,25-28,35,39,60-61,65H,4-8,10-11,13-15,22-24,29-34,36-38,40-59H2,1-3H3,(H,69,70)/b12-9-,19-16-,20-17-,21-18-,27-25-,28-26-,39-35-. The molecule has 0 fully saturated rings. The van der Waals surface area contributed by atoms with E-state index in [1.54, 1.807) is 0 Å². The van der Waals surface area contributed by atoms with Crippen molar-refractivity contribution in [3.63, 3.8) is 0 Å². The fourth-order valence-electron chi connectivity index (χ4n) is 8.14. The third kappa shape index (κ3) is 55.4. The molecule has 0 radical (unpaired) electrons. The number of phosphoric acid groups is 1. The summed E-state index contributed by atoms with van der Waals surface area (Å²) in [5, 5.41) is 9.81. The van der Waals surface area contributed by atoms with Crippen molar-refractivity contribution in [1.29, 1.82) is 0 Å². The first-order valence-electron chi connectivity index (χ1n) is 30.5. The Hall–Kier alpha value is -3.34. The van der Waals surface area contributed by atoms with Crippen LogP contribution in [-0.2, 0) is 42.2 Å². The maximum atomic E-state index is 12.9. The summed E-state index contributed by atoms with van der Waals surface area (Å²) in [6.45, 7) is 4.45. The third-order valence-corrected chi connectivity index (χ3v) is 13.7. The molecule has 0 amide bonds. The molecule has 12 heteroatoms. The molecule has 76 heavy (non-hydrogen) atoms. The number of allylic oxidation sites excluding steroid dienone is 14. The number of carbonyl (C=O) groups excluding carboxylic acids is 3. The van der Waals surface area contributed by atoms with Gasteiger partial charge in [0, 0.05) is 19.3 Å². The molecule has 0 aromatic carbocycles. The van der Waals surface area contributed by atoms with Gasteiger partial charge in [0.15, 0.2) is 6.10 Å². The van der Waals surface area contributed by atoms with Crippen LogP contribution < -0.4 is 0 Å². The minimum absolute atomic E-state index is 0.139. The number of carbonyl (C=O) groups is 3. The van der Waals surface area contributed by atoms with Crippen LogP contribution in [0.5, 0.6) is 0 Å². The number of aliphatic hydroxyl groups excluding tert-OH is 1. The highest BCUT2D eigenvalue weighted by Gasteiger charge is 2.28. The molecule has 438 valence electrons. The van der Waals surface area contributed by atoms with Crippen molar-refractivity contribution >= 4 is 25.7 Å². The molecule has 0 aromatic heterocycles. The molecule has 0 heterocycles. The normalized spacial score (nSPS) is 13.9. The topological polar surface area (TPSA) is 155 Å². The molecular weight excluding hydrogens is 976 g/mol. The minimum Gasteiger partial charge on any atom is -0.462 e. The molecule has 0 bridgehead atoms. The van der Waals surface area contributed by atoms with Gasteiger partial charge in [0.25, 0.3) is 0 Å². The molecule has 3 unspecified atom stereocenters. The van der Waals surface area contributed by atoms with Crippen molar-refractivity contribution in [3.8, 4) is 0 Å². The highest BCUT2D eigenvalue weighted by atomic mass is 31.2. The van der Waals surface area contributed by atoms with E-state index in [1.165, 1.54) is 103 Å². The van der Waals surface area contributed by atoms with Crippen molar-refractivity contribution in [3.05, 3.63) is 85.1 Å². The Labute approximate surface area is 464 Å². The summed E-state index contributed by atoms with van der Waals surface area (Å²) in [5.74, 6) is -1.51. The lowest BCUT2D eigenvalue weighted by Gasteiger charge is -2.21. The van der Waals surface area contributed by atoms with Crippen LogP contribution in [0.1, 0.15) is 265 Å². The Morgan fingerprint density at radius 2 is 0.684 bits per heavy atom. The summed E-state index contributed by atoms with van der Waals surface area (Å²) in [4.78, 5) is 48.6. The van der Waals surface area contributed by atoms with Crippen molar-refractivity contribution < 1.29 is 52.2 Å². The number of rotatable bonds is 56.